The Morgan fingerprint density at radius 2 is 2.00 bits per heavy atom. The molecule has 0 unspecified atom stereocenters. The zero-order valence-electron chi connectivity index (χ0n) is 10.6. The van der Waals surface area contributed by atoms with Crippen molar-refractivity contribution in [2.24, 2.45) is 0 Å². The molecule has 17 heavy (non-hydrogen) atoms. The van der Waals surface area contributed by atoms with E-state index < -0.39 is 0 Å². The highest BCUT2D eigenvalue weighted by Gasteiger charge is 2.04. The molecule has 2 heteroatoms. The molecule has 90 valence electrons. The Bertz CT molecular complexity index is 493. The third-order valence-corrected chi connectivity index (χ3v) is 2.86. The monoisotopic (exact) mass is 229 g/mol. The van der Waals surface area contributed by atoms with Crippen molar-refractivity contribution in [3.05, 3.63) is 36.0 Å². The van der Waals surface area contributed by atoms with E-state index in [0.717, 1.165) is 48.2 Å². The molecule has 0 aliphatic rings. The molecule has 2 aromatic rings. The zero-order chi connectivity index (χ0) is 12.1. The Hall–Kier alpha value is -1.57. The van der Waals surface area contributed by atoms with E-state index in [2.05, 4.69) is 37.0 Å². The number of nitrogens with zero attached hydrogens (tertiary/aromatic N) is 1. The fourth-order valence-corrected chi connectivity index (χ4v) is 1.80. The zero-order valence-corrected chi connectivity index (χ0v) is 10.6. The SMILES string of the molecule is CCCCOc1cccc2ccc(CC)nc12. The summed E-state index contributed by atoms with van der Waals surface area (Å²) in [5, 5.41) is 1.15. The first-order valence-corrected chi connectivity index (χ1v) is 6.36. The lowest BCUT2D eigenvalue weighted by Crippen LogP contribution is -1.98. The topological polar surface area (TPSA) is 22.1 Å². The minimum atomic E-state index is 0.771. The van der Waals surface area contributed by atoms with Crippen LogP contribution in [0.2, 0.25) is 0 Å². The second kappa shape index (κ2) is 5.67. The summed E-state index contributed by atoms with van der Waals surface area (Å²) < 4.78 is 5.80. The average Bonchev–Trinajstić information content (AvgIpc) is 2.39. The average molecular weight is 229 g/mol. The van der Waals surface area contributed by atoms with Gasteiger partial charge in [-0.1, -0.05) is 38.5 Å². The van der Waals surface area contributed by atoms with Crippen LogP contribution in [0.5, 0.6) is 5.75 Å². The number of hydrogen-bond donors (Lipinski definition) is 0. The van der Waals surface area contributed by atoms with Crippen molar-refractivity contribution in [2.75, 3.05) is 6.61 Å². The molecule has 0 radical (unpaired) electrons. The summed E-state index contributed by atoms with van der Waals surface area (Å²) in [6.45, 7) is 5.06. The van der Waals surface area contributed by atoms with Crippen LogP contribution in [0.25, 0.3) is 10.9 Å². The van der Waals surface area contributed by atoms with Crippen molar-refractivity contribution in [2.45, 2.75) is 33.1 Å². The number of para-hydroxylation sites is 1. The van der Waals surface area contributed by atoms with Crippen LogP contribution in [0.4, 0.5) is 0 Å². The lowest BCUT2D eigenvalue weighted by molar-refractivity contribution is 0.312. The fourth-order valence-electron chi connectivity index (χ4n) is 1.80. The molecule has 0 aliphatic heterocycles. The number of benzene rings is 1. The third-order valence-electron chi connectivity index (χ3n) is 2.86. The molecule has 0 saturated carbocycles. The van der Waals surface area contributed by atoms with Crippen LogP contribution in [0.15, 0.2) is 30.3 Å². The highest BCUT2D eigenvalue weighted by molar-refractivity contribution is 5.84. The van der Waals surface area contributed by atoms with E-state index in [4.69, 9.17) is 4.74 Å². The second-order valence-corrected chi connectivity index (χ2v) is 4.19. The molecule has 0 fully saturated rings. The second-order valence-electron chi connectivity index (χ2n) is 4.19. The van der Waals surface area contributed by atoms with Gasteiger partial charge in [0.1, 0.15) is 11.3 Å². The summed E-state index contributed by atoms with van der Waals surface area (Å²) >= 11 is 0. The molecule has 0 atom stereocenters. The normalized spacial score (nSPS) is 10.7. The molecule has 1 aromatic heterocycles. The van der Waals surface area contributed by atoms with E-state index >= 15 is 0 Å². The molecular weight excluding hydrogens is 210 g/mol. The Balaban J connectivity index is 2.33. The molecule has 0 aliphatic carbocycles. The molecule has 2 nitrogen and oxygen atoms in total. The van der Waals surface area contributed by atoms with E-state index in [1.54, 1.807) is 0 Å². The van der Waals surface area contributed by atoms with Crippen LogP contribution in [0.1, 0.15) is 32.4 Å². The third kappa shape index (κ3) is 2.76. The van der Waals surface area contributed by atoms with Crippen LogP contribution >= 0.6 is 0 Å². The summed E-state index contributed by atoms with van der Waals surface area (Å²) in [6.07, 6.45) is 3.20. The van der Waals surface area contributed by atoms with Crippen molar-refractivity contribution >= 4 is 10.9 Å². The van der Waals surface area contributed by atoms with Crippen molar-refractivity contribution < 1.29 is 4.74 Å². The summed E-state index contributed by atoms with van der Waals surface area (Å²) in [4.78, 5) is 4.65. The van der Waals surface area contributed by atoms with E-state index in [9.17, 15) is 0 Å². The minimum Gasteiger partial charge on any atom is -0.491 e. The van der Waals surface area contributed by atoms with Gasteiger partial charge >= 0.3 is 0 Å². The molecule has 1 heterocycles. The minimum absolute atomic E-state index is 0.771. The predicted molar refractivity (Wildman–Crippen MR) is 71.5 cm³/mol. The lowest BCUT2D eigenvalue weighted by Gasteiger charge is -2.09. The van der Waals surface area contributed by atoms with Crippen molar-refractivity contribution in [1.82, 2.24) is 4.98 Å². The molecule has 0 N–H and O–H groups in total. The number of fused-ring (bicyclic) bond motifs is 1. The van der Waals surface area contributed by atoms with Gasteiger partial charge in [-0.25, -0.2) is 4.98 Å². The first-order valence-electron chi connectivity index (χ1n) is 6.36. The van der Waals surface area contributed by atoms with Gasteiger partial charge in [0.25, 0.3) is 0 Å². The van der Waals surface area contributed by atoms with E-state index in [-0.39, 0.29) is 0 Å². The van der Waals surface area contributed by atoms with Gasteiger partial charge in [-0.3, -0.25) is 0 Å². The maximum atomic E-state index is 5.80. The highest BCUT2D eigenvalue weighted by Crippen LogP contribution is 2.24. The number of ether oxygens (including phenoxy) is 1. The highest BCUT2D eigenvalue weighted by atomic mass is 16.5. The van der Waals surface area contributed by atoms with Gasteiger partial charge in [0.2, 0.25) is 0 Å². The maximum absolute atomic E-state index is 5.80. The standard InChI is InChI=1S/C15H19NO/c1-3-5-11-17-14-8-6-7-12-9-10-13(4-2)16-15(12)14/h6-10H,3-5,11H2,1-2H3. The number of aryl methyl sites for hydroxylation is 1. The van der Waals surface area contributed by atoms with Crippen molar-refractivity contribution in [3.8, 4) is 5.75 Å². The Kier molecular flexibility index (Phi) is 3.97. The van der Waals surface area contributed by atoms with Crippen LogP contribution in [-0.4, -0.2) is 11.6 Å². The van der Waals surface area contributed by atoms with Gasteiger partial charge in [-0.15, -0.1) is 0 Å². The van der Waals surface area contributed by atoms with Gasteiger partial charge in [0.05, 0.1) is 6.61 Å². The van der Waals surface area contributed by atoms with E-state index in [0.29, 0.717) is 0 Å². The lowest BCUT2D eigenvalue weighted by atomic mass is 10.1. The van der Waals surface area contributed by atoms with Crippen molar-refractivity contribution in [3.63, 3.8) is 0 Å². The van der Waals surface area contributed by atoms with Crippen molar-refractivity contribution in [1.29, 1.82) is 0 Å². The molecular formula is C15H19NO. The summed E-state index contributed by atoms with van der Waals surface area (Å²) in [6, 6.07) is 10.3. The van der Waals surface area contributed by atoms with Crippen LogP contribution in [0.3, 0.4) is 0 Å². The molecule has 0 spiro atoms. The van der Waals surface area contributed by atoms with Gasteiger partial charge in [0, 0.05) is 11.1 Å². The molecule has 1 aromatic carbocycles. The van der Waals surface area contributed by atoms with Gasteiger partial charge in [-0.05, 0) is 25.0 Å². The quantitative estimate of drug-likeness (QED) is 0.723. The Labute approximate surface area is 103 Å². The molecule has 0 bridgehead atoms. The fraction of sp³-hybridized carbons (Fsp3) is 0.400. The maximum Gasteiger partial charge on any atom is 0.145 e. The van der Waals surface area contributed by atoms with Gasteiger partial charge < -0.3 is 4.74 Å². The number of hydrogen-bond acceptors (Lipinski definition) is 2. The molecule has 2 rings (SSSR count). The number of unbranched alkanes of at least 4 members (excludes halogenated alkanes) is 1. The Morgan fingerprint density at radius 1 is 1.12 bits per heavy atom. The van der Waals surface area contributed by atoms with Gasteiger partial charge in [-0.2, -0.15) is 0 Å². The van der Waals surface area contributed by atoms with Gasteiger partial charge in [0.15, 0.2) is 0 Å². The summed E-state index contributed by atoms with van der Waals surface area (Å²) in [5.41, 5.74) is 2.10. The largest absolute Gasteiger partial charge is 0.491 e. The number of pyridine rings is 1. The first-order chi connectivity index (χ1) is 8.35. The van der Waals surface area contributed by atoms with Crippen LogP contribution in [0, 0.1) is 0 Å². The summed E-state index contributed by atoms with van der Waals surface area (Å²) in [5.74, 6) is 0.909. The first kappa shape index (κ1) is 11.9. The Morgan fingerprint density at radius 3 is 2.76 bits per heavy atom. The molecule has 0 saturated heterocycles. The predicted octanol–water partition coefficient (Wildman–Crippen LogP) is 3.98. The molecule has 0 amide bonds. The van der Waals surface area contributed by atoms with Crippen LogP contribution in [-0.2, 0) is 6.42 Å². The summed E-state index contributed by atoms with van der Waals surface area (Å²) in [7, 11) is 0. The van der Waals surface area contributed by atoms with Crippen LogP contribution < -0.4 is 4.74 Å². The number of rotatable bonds is 5. The van der Waals surface area contributed by atoms with E-state index in [1.807, 2.05) is 12.1 Å². The number of aromatic nitrogens is 1. The smallest absolute Gasteiger partial charge is 0.145 e. The van der Waals surface area contributed by atoms with E-state index in [1.165, 1.54) is 0 Å².